The molecule has 7 heteroatoms. The second-order valence-electron chi connectivity index (χ2n) is 4.59. The van der Waals surface area contributed by atoms with Gasteiger partial charge in [-0.3, -0.25) is 9.59 Å². The number of rotatable bonds is 5. The number of aryl methyl sites for hydroxylation is 1. The minimum absolute atomic E-state index is 0.0710. The van der Waals surface area contributed by atoms with Crippen molar-refractivity contribution in [1.82, 2.24) is 9.88 Å². The van der Waals surface area contributed by atoms with Gasteiger partial charge in [-0.25, -0.2) is 0 Å². The molecule has 2 aromatic heterocycles. The number of carbonyl (C=O) groups excluding carboxylic acids is 1. The summed E-state index contributed by atoms with van der Waals surface area (Å²) in [4.78, 5) is 24.3. The fourth-order valence-electron chi connectivity index (χ4n) is 1.81. The van der Waals surface area contributed by atoms with Crippen LogP contribution in [0.2, 0.25) is 4.34 Å². The van der Waals surface area contributed by atoms with Gasteiger partial charge in [-0.1, -0.05) is 17.7 Å². The molecule has 5 nitrogen and oxygen atoms in total. The van der Waals surface area contributed by atoms with Crippen LogP contribution in [0.1, 0.15) is 16.5 Å². The van der Waals surface area contributed by atoms with E-state index in [0.717, 1.165) is 0 Å². The first-order valence-corrected chi connectivity index (χ1v) is 7.53. The maximum atomic E-state index is 11.8. The lowest BCUT2D eigenvalue weighted by atomic mass is 10.3. The number of carbonyl (C=O) groups is 1. The molecule has 0 saturated carbocycles. The number of aromatic nitrogens is 1. The van der Waals surface area contributed by atoms with Crippen molar-refractivity contribution in [1.29, 1.82) is 0 Å². The van der Waals surface area contributed by atoms with Crippen LogP contribution in [0.15, 0.2) is 35.3 Å². The smallest absolute Gasteiger partial charge is 0.253 e. The van der Waals surface area contributed by atoms with E-state index in [1.54, 1.807) is 37.4 Å². The standard InChI is InChI=1S/C14H15ClN2O3S/c1-9-3-2-6-17(14(9)20)8-13(19)16-7-10(18)11-4-5-12(15)21-11/h2-6,10,18H,7-8H2,1H3,(H,16,19). The molecule has 0 saturated heterocycles. The molecule has 0 aromatic carbocycles. The lowest BCUT2D eigenvalue weighted by molar-refractivity contribution is -0.122. The van der Waals surface area contributed by atoms with Gasteiger partial charge in [-0.05, 0) is 25.1 Å². The summed E-state index contributed by atoms with van der Waals surface area (Å²) in [6.07, 6.45) is 0.755. The van der Waals surface area contributed by atoms with Crippen molar-refractivity contribution >= 4 is 28.8 Å². The van der Waals surface area contributed by atoms with Crippen molar-refractivity contribution in [3.8, 4) is 0 Å². The highest BCUT2D eigenvalue weighted by Gasteiger charge is 2.12. The maximum Gasteiger partial charge on any atom is 0.253 e. The first-order valence-electron chi connectivity index (χ1n) is 6.33. The quantitative estimate of drug-likeness (QED) is 0.879. The van der Waals surface area contributed by atoms with Crippen LogP contribution in [0.5, 0.6) is 0 Å². The van der Waals surface area contributed by atoms with Crippen molar-refractivity contribution in [2.45, 2.75) is 19.6 Å². The summed E-state index contributed by atoms with van der Waals surface area (Å²) in [5.41, 5.74) is 0.386. The lowest BCUT2D eigenvalue weighted by Crippen LogP contribution is -2.34. The molecule has 0 aliphatic heterocycles. The largest absolute Gasteiger partial charge is 0.386 e. The minimum Gasteiger partial charge on any atom is -0.386 e. The average Bonchev–Trinajstić information content (AvgIpc) is 2.88. The van der Waals surface area contributed by atoms with Gasteiger partial charge in [0.15, 0.2) is 0 Å². The summed E-state index contributed by atoms with van der Waals surface area (Å²) < 4.78 is 1.92. The molecular formula is C14H15ClN2O3S. The molecule has 0 aliphatic carbocycles. The molecule has 2 heterocycles. The molecule has 0 spiro atoms. The van der Waals surface area contributed by atoms with Gasteiger partial charge in [-0.15, -0.1) is 11.3 Å². The van der Waals surface area contributed by atoms with Crippen LogP contribution in [0.3, 0.4) is 0 Å². The van der Waals surface area contributed by atoms with E-state index >= 15 is 0 Å². The molecule has 1 unspecified atom stereocenters. The summed E-state index contributed by atoms with van der Waals surface area (Å²) in [6, 6.07) is 6.82. The summed E-state index contributed by atoms with van der Waals surface area (Å²) >= 11 is 7.05. The van der Waals surface area contributed by atoms with E-state index in [2.05, 4.69) is 5.32 Å². The molecule has 1 atom stereocenters. The molecule has 112 valence electrons. The number of nitrogens with zero attached hydrogens (tertiary/aromatic N) is 1. The lowest BCUT2D eigenvalue weighted by Gasteiger charge is -2.11. The van der Waals surface area contributed by atoms with Crippen LogP contribution in [0.25, 0.3) is 0 Å². The Morgan fingerprint density at radius 2 is 2.24 bits per heavy atom. The maximum absolute atomic E-state index is 11.8. The van der Waals surface area contributed by atoms with Crippen LogP contribution in [0, 0.1) is 6.92 Å². The Labute approximate surface area is 130 Å². The van der Waals surface area contributed by atoms with Gasteiger partial charge in [0, 0.05) is 23.2 Å². The van der Waals surface area contributed by atoms with E-state index in [1.807, 2.05) is 0 Å². The summed E-state index contributed by atoms with van der Waals surface area (Å²) in [5, 5.41) is 12.5. The molecular weight excluding hydrogens is 312 g/mol. The molecule has 2 aromatic rings. The molecule has 2 rings (SSSR count). The monoisotopic (exact) mass is 326 g/mol. The van der Waals surface area contributed by atoms with Gasteiger partial charge in [-0.2, -0.15) is 0 Å². The van der Waals surface area contributed by atoms with Gasteiger partial charge in [0.2, 0.25) is 5.91 Å². The summed E-state index contributed by atoms with van der Waals surface area (Å²) in [6.45, 7) is 1.70. The molecule has 0 radical (unpaired) electrons. The van der Waals surface area contributed by atoms with Gasteiger partial charge in [0.25, 0.3) is 5.56 Å². The topological polar surface area (TPSA) is 71.3 Å². The predicted octanol–water partition coefficient (Wildman–Crippen LogP) is 1.72. The molecule has 2 N–H and O–H groups in total. The fraction of sp³-hybridized carbons (Fsp3) is 0.286. The normalized spacial score (nSPS) is 12.1. The van der Waals surface area contributed by atoms with Crippen LogP contribution >= 0.6 is 22.9 Å². The molecule has 1 amide bonds. The van der Waals surface area contributed by atoms with E-state index in [0.29, 0.717) is 14.8 Å². The third-order valence-electron chi connectivity index (χ3n) is 2.94. The number of hydrogen-bond donors (Lipinski definition) is 2. The van der Waals surface area contributed by atoms with Gasteiger partial charge in [0.05, 0.1) is 4.34 Å². The van der Waals surface area contributed by atoms with E-state index in [-0.39, 0.29) is 24.6 Å². The number of hydrogen-bond acceptors (Lipinski definition) is 4. The Balaban J connectivity index is 1.90. The van der Waals surface area contributed by atoms with Crippen LogP contribution in [0.4, 0.5) is 0 Å². The van der Waals surface area contributed by atoms with Crippen molar-refractivity contribution in [2.24, 2.45) is 0 Å². The third kappa shape index (κ3) is 4.17. The van der Waals surface area contributed by atoms with Crippen molar-refractivity contribution in [2.75, 3.05) is 6.54 Å². The second-order valence-corrected chi connectivity index (χ2v) is 6.33. The average molecular weight is 327 g/mol. The molecule has 0 fully saturated rings. The van der Waals surface area contributed by atoms with Gasteiger partial charge < -0.3 is 15.0 Å². The van der Waals surface area contributed by atoms with E-state index in [4.69, 9.17) is 11.6 Å². The van der Waals surface area contributed by atoms with E-state index < -0.39 is 6.10 Å². The zero-order chi connectivity index (χ0) is 15.4. The Hall–Kier alpha value is -1.63. The predicted molar refractivity (Wildman–Crippen MR) is 82.7 cm³/mol. The fourth-order valence-corrected chi connectivity index (χ4v) is 2.86. The number of aliphatic hydroxyl groups excluding tert-OH is 1. The van der Waals surface area contributed by atoms with Crippen LogP contribution in [-0.2, 0) is 11.3 Å². The number of amides is 1. The van der Waals surface area contributed by atoms with Crippen molar-refractivity contribution in [3.63, 3.8) is 0 Å². The van der Waals surface area contributed by atoms with E-state index in [1.165, 1.54) is 15.9 Å². The van der Waals surface area contributed by atoms with Crippen LogP contribution < -0.4 is 10.9 Å². The summed E-state index contributed by atoms with van der Waals surface area (Å²) in [5.74, 6) is -0.329. The Kier molecular flexibility index (Phi) is 5.17. The first-order chi connectivity index (χ1) is 9.97. The number of halogens is 1. The minimum atomic E-state index is -0.805. The number of thiophene rings is 1. The Bertz CT molecular complexity index is 696. The van der Waals surface area contributed by atoms with Crippen molar-refractivity contribution < 1.29 is 9.90 Å². The number of pyridine rings is 1. The zero-order valence-corrected chi connectivity index (χ0v) is 12.9. The number of nitrogens with one attached hydrogen (secondary N) is 1. The highest BCUT2D eigenvalue weighted by molar-refractivity contribution is 7.16. The van der Waals surface area contributed by atoms with E-state index in [9.17, 15) is 14.7 Å². The first kappa shape index (κ1) is 15.8. The number of aliphatic hydroxyl groups is 1. The SMILES string of the molecule is Cc1cccn(CC(=O)NCC(O)c2ccc(Cl)s2)c1=O. The highest BCUT2D eigenvalue weighted by Crippen LogP contribution is 2.26. The highest BCUT2D eigenvalue weighted by atomic mass is 35.5. The van der Waals surface area contributed by atoms with Crippen LogP contribution in [-0.4, -0.2) is 22.1 Å². The Morgan fingerprint density at radius 1 is 1.48 bits per heavy atom. The van der Waals surface area contributed by atoms with Gasteiger partial charge >= 0.3 is 0 Å². The van der Waals surface area contributed by atoms with Gasteiger partial charge in [0.1, 0.15) is 12.6 Å². The zero-order valence-electron chi connectivity index (χ0n) is 11.4. The molecule has 0 bridgehead atoms. The van der Waals surface area contributed by atoms with Crippen molar-refractivity contribution in [3.05, 3.63) is 55.6 Å². The summed E-state index contributed by atoms with van der Waals surface area (Å²) in [7, 11) is 0. The Morgan fingerprint density at radius 3 is 2.90 bits per heavy atom. The third-order valence-corrected chi connectivity index (χ3v) is 4.27. The molecule has 0 aliphatic rings. The molecule has 21 heavy (non-hydrogen) atoms. The second kappa shape index (κ2) is 6.89.